The number of hydrogen-bond donors (Lipinski definition) is 2. The standard InChI is InChI=1S/C18H37N.C8H6Cl2O3/c1-2-3-4-5-6-7-8-9-10-11-12-13-14-15-16-17-18-19;9-5-1-2-7(6(10)3-5)13-4-8(11)12/h9-10H,2-8,11-19H2,1H3;1-3H,4H2,(H,11,12)/b10-9-;. The minimum atomic E-state index is -1.05. The van der Waals surface area contributed by atoms with Crippen molar-refractivity contribution in [3.8, 4) is 5.75 Å². The van der Waals surface area contributed by atoms with Crippen molar-refractivity contribution in [3.05, 3.63) is 40.4 Å². The molecule has 0 fully saturated rings. The van der Waals surface area contributed by atoms with Crippen LogP contribution in [0.4, 0.5) is 0 Å². The van der Waals surface area contributed by atoms with Gasteiger partial charge in [-0.25, -0.2) is 4.79 Å². The summed E-state index contributed by atoms with van der Waals surface area (Å²) in [6, 6.07) is 4.58. The molecule has 0 aliphatic heterocycles. The summed E-state index contributed by atoms with van der Waals surface area (Å²) in [5.74, 6) is -0.737. The summed E-state index contributed by atoms with van der Waals surface area (Å²) < 4.78 is 4.86. The van der Waals surface area contributed by atoms with Crippen molar-refractivity contribution in [2.45, 2.75) is 96.8 Å². The van der Waals surface area contributed by atoms with E-state index in [1.807, 2.05) is 0 Å². The summed E-state index contributed by atoms with van der Waals surface area (Å²) in [4.78, 5) is 10.2. The smallest absolute Gasteiger partial charge is 0.341 e. The van der Waals surface area contributed by atoms with Crippen molar-refractivity contribution in [1.82, 2.24) is 0 Å². The summed E-state index contributed by atoms with van der Waals surface area (Å²) in [5.41, 5.74) is 5.47. The number of nitrogens with two attached hydrogens (primary N) is 1. The molecule has 0 radical (unpaired) electrons. The molecule has 0 heterocycles. The van der Waals surface area contributed by atoms with Gasteiger partial charge in [0.05, 0.1) is 5.02 Å². The zero-order valence-corrected chi connectivity index (χ0v) is 21.3. The van der Waals surface area contributed by atoms with Crippen LogP contribution in [0.5, 0.6) is 5.75 Å². The van der Waals surface area contributed by atoms with Crippen molar-refractivity contribution in [2.24, 2.45) is 5.73 Å². The average Bonchev–Trinajstić information content (AvgIpc) is 2.76. The second-order valence-corrected chi connectivity index (χ2v) is 8.83. The largest absolute Gasteiger partial charge is 0.480 e. The van der Waals surface area contributed by atoms with Gasteiger partial charge in [0.2, 0.25) is 0 Å². The van der Waals surface area contributed by atoms with E-state index in [-0.39, 0.29) is 0 Å². The maximum Gasteiger partial charge on any atom is 0.341 e. The number of rotatable bonds is 18. The van der Waals surface area contributed by atoms with E-state index in [1.165, 1.54) is 102 Å². The van der Waals surface area contributed by atoms with Gasteiger partial charge in [-0.3, -0.25) is 0 Å². The lowest BCUT2D eigenvalue weighted by atomic mass is 10.1. The maximum absolute atomic E-state index is 10.2. The van der Waals surface area contributed by atoms with E-state index in [1.54, 1.807) is 6.07 Å². The second kappa shape index (κ2) is 22.9. The topological polar surface area (TPSA) is 72.6 Å². The monoisotopic (exact) mass is 487 g/mol. The number of aliphatic carboxylic acids is 1. The minimum absolute atomic E-state index is 0.300. The van der Waals surface area contributed by atoms with Crippen molar-refractivity contribution in [1.29, 1.82) is 0 Å². The molecule has 0 unspecified atom stereocenters. The van der Waals surface area contributed by atoms with E-state index >= 15 is 0 Å². The molecule has 184 valence electrons. The van der Waals surface area contributed by atoms with Gasteiger partial charge in [-0.1, -0.05) is 100 Å². The Morgan fingerprint density at radius 1 is 0.906 bits per heavy atom. The highest BCUT2D eigenvalue weighted by molar-refractivity contribution is 6.35. The summed E-state index contributed by atoms with van der Waals surface area (Å²) in [6.45, 7) is 2.73. The average molecular weight is 489 g/mol. The van der Waals surface area contributed by atoms with Gasteiger partial charge in [-0.15, -0.1) is 0 Å². The zero-order valence-electron chi connectivity index (χ0n) is 19.8. The molecule has 4 nitrogen and oxygen atoms in total. The third-order valence-corrected chi connectivity index (χ3v) is 5.49. The third-order valence-electron chi connectivity index (χ3n) is 4.96. The Morgan fingerprint density at radius 2 is 1.44 bits per heavy atom. The molecule has 1 aromatic carbocycles. The SMILES string of the molecule is CCCCCCCC/C=C\CCCCCCCCN.O=C(O)COc1ccc(Cl)cc1Cl. The van der Waals surface area contributed by atoms with Gasteiger partial charge < -0.3 is 15.6 Å². The van der Waals surface area contributed by atoms with E-state index in [0.717, 1.165) is 6.54 Å². The summed E-state index contributed by atoms with van der Waals surface area (Å²) in [6.07, 6.45) is 23.9. The van der Waals surface area contributed by atoms with Crippen LogP contribution in [0.15, 0.2) is 30.4 Å². The summed E-state index contributed by atoms with van der Waals surface area (Å²) in [7, 11) is 0. The van der Waals surface area contributed by atoms with Gasteiger partial charge in [-0.05, 0) is 56.8 Å². The van der Waals surface area contributed by atoms with Crippen LogP contribution in [0.1, 0.15) is 96.8 Å². The molecule has 0 saturated carbocycles. The van der Waals surface area contributed by atoms with E-state index < -0.39 is 12.6 Å². The highest BCUT2D eigenvalue weighted by Crippen LogP contribution is 2.27. The Labute approximate surface area is 205 Å². The predicted molar refractivity (Wildman–Crippen MR) is 138 cm³/mol. The van der Waals surface area contributed by atoms with Crippen LogP contribution in [0.2, 0.25) is 10.0 Å². The van der Waals surface area contributed by atoms with Crippen LogP contribution >= 0.6 is 23.2 Å². The van der Waals surface area contributed by atoms with Crippen molar-refractivity contribution < 1.29 is 14.6 Å². The molecule has 0 amide bonds. The third kappa shape index (κ3) is 20.7. The number of carboxylic acid groups (broad SMARTS) is 1. The van der Waals surface area contributed by atoms with E-state index in [2.05, 4.69) is 19.1 Å². The number of ether oxygens (including phenoxy) is 1. The van der Waals surface area contributed by atoms with Crippen molar-refractivity contribution in [3.63, 3.8) is 0 Å². The molecule has 3 N–H and O–H groups in total. The number of halogens is 2. The van der Waals surface area contributed by atoms with E-state index in [4.69, 9.17) is 38.8 Å². The molecule has 1 rings (SSSR count). The fourth-order valence-corrected chi connectivity index (χ4v) is 3.59. The fraction of sp³-hybridized carbons (Fsp3) is 0.654. The van der Waals surface area contributed by atoms with Gasteiger partial charge >= 0.3 is 5.97 Å². The highest BCUT2D eigenvalue weighted by atomic mass is 35.5. The first-order chi connectivity index (χ1) is 15.5. The van der Waals surface area contributed by atoms with Crippen molar-refractivity contribution >= 4 is 29.2 Å². The lowest BCUT2D eigenvalue weighted by Crippen LogP contribution is -2.09. The van der Waals surface area contributed by atoms with Crippen LogP contribution in [-0.4, -0.2) is 24.2 Å². The van der Waals surface area contributed by atoms with Crippen LogP contribution in [0.25, 0.3) is 0 Å². The highest BCUT2D eigenvalue weighted by Gasteiger charge is 2.04. The molecule has 0 aliphatic carbocycles. The normalized spacial score (nSPS) is 10.8. The number of hydrogen-bond acceptors (Lipinski definition) is 3. The molecule has 0 saturated heterocycles. The first-order valence-electron chi connectivity index (χ1n) is 12.2. The molecule has 32 heavy (non-hydrogen) atoms. The molecule has 0 atom stereocenters. The second-order valence-electron chi connectivity index (χ2n) is 7.98. The van der Waals surface area contributed by atoms with Gasteiger partial charge in [0.15, 0.2) is 6.61 Å². The lowest BCUT2D eigenvalue weighted by Gasteiger charge is -2.04. The number of allylic oxidation sites excluding steroid dienone is 2. The Bertz CT molecular complexity index is 609. The number of unbranched alkanes of at least 4 members (excludes halogenated alkanes) is 12. The first kappa shape index (κ1) is 30.8. The van der Waals surface area contributed by atoms with Gasteiger partial charge in [0, 0.05) is 5.02 Å². The number of carboxylic acids is 1. The fourth-order valence-electron chi connectivity index (χ4n) is 3.12. The number of carbonyl (C=O) groups is 1. The van der Waals surface area contributed by atoms with Crippen LogP contribution < -0.4 is 10.5 Å². The molecular weight excluding hydrogens is 445 g/mol. The summed E-state index contributed by atoms with van der Waals surface area (Å²) >= 11 is 11.3. The number of benzene rings is 1. The Morgan fingerprint density at radius 3 is 1.94 bits per heavy atom. The molecule has 0 spiro atoms. The predicted octanol–water partition coefficient (Wildman–Crippen LogP) is 8.44. The molecular formula is C26H43Cl2NO3. The molecule has 6 heteroatoms. The Balaban J connectivity index is 0.000000641. The molecule has 1 aromatic rings. The Hall–Kier alpha value is -1.23. The Kier molecular flexibility index (Phi) is 22.1. The van der Waals surface area contributed by atoms with E-state index in [9.17, 15) is 4.79 Å². The minimum Gasteiger partial charge on any atom is -0.480 e. The first-order valence-corrected chi connectivity index (χ1v) is 12.9. The van der Waals surface area contributed by atoms with Crippen LogP contribution in [-0.2, 0) is 4.79 Å². The lowest BCUT2D eigenvalue weighted by molar-refractivity contribution is -0.139. The van der Waals surface area contributed by atoms with Gasteiger partial charge in [0.1, 0.15) is 5.75 Å². The van der Waals surface area contributed by atoms with Gasteiger partial charge in [-0.2, -0.15) is 0 Å². The van der Waals surface area contributed by atoms with Crippen molar-refractivity contribution in [2.75, 3.05) is 13.2 Å². The van der Waals surface area contributed by atoms with E-state index in [0.29, 0.717) is 15.8 Å². The zero-order chi connectivity index (χ0) is 23.9. The molecule has 0 aromatic heterocycles. The van der Waals surface area contributed by atoms with Gasteiger partial charge in [0.25, 0.3) is 0 Å². The van der Waals surface area contributed by atoms with Crippen LogP contribution in [0.3, 0.4) is 0 Å². The quantitative estimate of drug-likeness (QED) is 0.161. The molecule has 0 aliphatic rings. The summed E-state index contributed by atoms with van der Waals surface area (Å²) in [5, 5.41) is 9.11. The van der Waals surface area contributed by atoms with Crippen LogP contribution in [0, 0.1) is 0 Å². The maximum atomic E-state index is 10.2. The molecule has 0 bridgehead atoms.